The van der Waals surface area contributed by atoms with Crippen molar-refractivity contribution in [3.63, 3.8) is 0 Å². The van der Waals surface area contributed by atoms with Gasteiger partial charge in [-0.1, -0.05) is 53.7 Å². The third kappa shape index (κ3) is 4.82. The summed E-state index contributed by atoms with van der Waals surface area (Å²) >= 11 is 8.57. The molecule has 1 saturated carbocycles. The van der Waals surface area contributed by atoms with Crippen LogP contribution in [-0.2, 0) is 16.0 Å². The second-order valence-electron chi connectivity index (χ2n) is 9.54. The van der Waals surface area contributed by atoms with Crippen molar-refractivity contribution in [3.05, 3.63) is 53.1 Å². The SMILES string of the molecule is Clc1cc2nc(SC3CCC4(CC3)OCCO4)[nH]c2cc1N1CCN(Cc2ccccc2)CC1. The number of thioether (sulfide) groups is 1. The summed E-state index contributed by atoms with van der Waals surface area (Å²) in [5.41, 5.74) is 4.47. The third-order valence-electron chi connectivity index (χ3n) is 7.28. The normalized spacial score (nSPS) is 21.6. The quantitative estimate of drug-likeness (QED) is 0.514. The van der Waals surface area contributed by atoms with Gasteiger partial charge >= 0.3 is 0 Å². The van der Waals surface area contributed by atoms with E-state index in [0.29, 0.717) is 5.25 Å². The van der Waals surface area contributed by atoms with Crippen LogP contribution in [0.25, 0.3) is 11.0 Å². The van der Waals surface area contributed by atoms with E-state index >= 15 is 0 Å². The molecule has 0 atom stereocenters. The van der Waals surface area contributed by atoms with Crippen LogP contribution in [0.5, 0.6) is 0 Å². The van der Waals surface area contributed by atoms with Gasteiger partial charge in [0, 0.05) is 50.8 Å². The van der Waals surface area contributed by atoms with Gasteiger partial charge in [0.15, 0.2) is 10.9 Å². The summed E-state index contributed by atoms with van der Waals surface area (Å²) in [4.78, 5) is 13.3. The first-order chi connectivity index (χ1) is 16.7. The highest BCUT2D eigenvalue weighted by atomic mass is 35.5. The van der Waals surface area contributed by atoms with Crippen LogP contribution >= 0.6 is 23.4 Å². The van der Waals surface area contributed by atoms with Gasteiger partial charge in [-0.15, -0.1) is 0 Å². The minimum Gasteiger partial charge on any atom is -0.368 e. The molecule has 2 aromatic carbocycles. The van der Waals surface area contributed by atoms with E-state index in [1.165, 1.54) is 5.56 Å². The maximum absolute atomic E-state index is 6.73. The average molecular weight is 499 g/mol. The Morgan fingerprint density at radius 2 is 1.76 bits per heavy atom. The molecule has 1 aliphatic carbocycles. The van der Waals surface area contributed by atoms with Crippen molar-refractivity contribution < 1.29 is 9.47 Å². The molecule has 8 heteroatoms. The highest BCUT2D eigenvalue weighted by molar-refractivity contribution is 7.99. The molecular formula is C26H31ClN4O2S. The lowest BCUT2D eigenvalue weighted by Gasteiger charge is -2.36. The maximum Gasteiger partial charge on any atom is 0.168 e. The molecule has 0 unspecified atom stereocenters. The molecule has 180 valence electrons. The number of halogens is 1. The van der Waals surface area contributed by atoms with E-state index in [-0.39, 0.29) is 5.79 Å². The van der Waals surface area contributed by atoms with Gasteiger partial charge in [0.25, 0.3) is 0 Å². The highest BCUT2D eigenvalue weighted by Crippen LogP contribution is 2.41. The number of aromatic amines is 1. The topological polar surface area (TPSA) is 53.6 Å². The van der Waals surface area contributed by atoms with Gasteiger partial charge in [-0.2, -0.15) is 0 Å². The van der Waals surface area contributed by atoms with E-state index in [1.54, 1.807) is 0 Å². The Balaban J connectivity index is 1.09. The summed E-state index contributed by atoms with van der Waals surface area (Å²) in [6, 6.07) is 14.9. The predicted octanol–water partition coefficient (Wildman–Crippen LogP) is 5.32. The monoisotopic (exact) mass is 498 g/mol. The van der Waals surface area contributed by atoms with Gasteiger partial charge in [-0.3, -0.25) is 4.90 Å². The number of hydrogen-bond acceptors (Lipinski definition) is 6. The summed E-state index contributed by atoms with van der Waals surface area (Å²) in [6.07, 6.45) is 4.11. The van der Waals surface area contributed by atoms with Crippen molar-refractivity contribution in [1.82, 2.24) is 14.9 Å². The fraction of sp³-hybridized carbons (Fsp3) is 0.500. The molecule has 1 aromatic heterocycles. The molecule has 2 aliphatic heterocycles. The zero-order chi connectivity index (χ0) is 23.0. The van der Waals surface area contributed by atoms with E-state index in [1.807, 2.05) is 17.8 Å². The van der Waals surface area contributed by atoms with Crippen LogP contribution in [0.2, 0.25) is 5.02 Å². The van der Waals surface area contributed by atoms with Gasteiger partial charge in [0.2, 0.25) is 0 Å². The van der Waals surface area contributed by atoms with E-state index in [9.17, 15) is 0 Å². The van der Waals surface area contributed by atoms with Gasteiger partial charge < -0.3 is 19.4 Å². The predicted molar refractivity (Wildman–Crippen MR) is 138 cm³/mol. The Morgan fingerprint density at radius 3 is 2.50 bits per heavy atom. The molecule has 2 saturated heterocycles. The number of nitrogens with zero attached hydrogens (tertiary/aromatic N) is 3. The standard InChI is InChI=1S/C26H31ClN4O2S/c27-21-16-22-23(29-25(28-22)34-20-6-8-26(9-7-20)32-14-15-33-26)17-24(21)31-12-10-30(11-13-31)18-19-4-2-1-3-5-19/h1-5,16-17,20H,6-15,18H2,(H,28,29). The number of anilines is 1. The van der Waals surface area contributed by atoms with Gasteiger partial charge in [-0.25, -0.2) is 4.98 Å². The zero-order valence-corrected chi connectivity index (χ0v) is 20.9. The van der Waals surface area contributed by atoms with Gasteiger partial charge in [-0.05, 0) is 30.5 Å². The first-order valence-electron chi connectivity index (χ1n) is 12.3. The Kier molecular flexibility index (Phi) is 6.47. The molecule has 0 bridgehead atoms. The Labute approximate surface area is 209 Å². The van der Waals surface area contributed by atoms with Crippen LogP contribution in [0.3, 0.4) is 0 Å². The van der Waals surface area contributed by atoms with E-state index in [0.717, 1.165) is 98.5 Å². The highest BCUT2D eigenvalue weighted by Gasteiger charge is 2.40. The van der Waals surface area contributed by atoms with Gasteiger partial charge in [0.05, 0.1) is 35.0 Å². The second-order valence-corrected chi connectivity index (χ2v) is 11.2. The fourth-order valence-corrected chi connectivity index (χ4v) is 6.76. The maximum atomic E-state index is 6.73. The van der Waals surface area contributed by atoms with Crippen LogP contribution in [0, 0.1) is 0 Å². The zero-order valence-electron chi connectivity index (χ0n) is 19.3. The van der Waals surface area contributed by atoms with Crippen LogP contribution in [0.15, 0.2) is 47.6 Å². The lowest BCUT2D eigenvalue weighted by Crippen LogP contribution is -2.46. The minimum atomic E-state index is -0.307. The number of rotatable bonds is 5. The summed E-state index contributed by atoms with van der Waals surface area (Å²) in [5, 5.41) is 2.29. The largest absolute Gasteiger partial charge is 0.368 e. The molecule has 1 spiro atoms. The van der Waals surface area contributed by atoms with Crippen LogP contribution in [-0.4, -0.2) is 65.3 Å². The molecule has 3 aliphatic rings. The number of piperazine rings is 1. The van der Waals surface area contributed by atoms with Crippen molar-refractivity contribution in [2.45, 2.75) is 48.4 Å². The van der Waals surface area contributed by atoms with Gasteiger partial charge in [0.1, 0.15) is 0 Å². The molecule has 3 fully saturated rings. The number of H-pyrrole nitrogens is 1. The van der Waals surface area contributed by atoms with Crippen LogP contribution in [0.4, 0.5) is 5.69 Å². The lowest BCUT2D eigenvalue weighted by atomic mass is 9.94. The summed E-state index contributed by atoms with van der Waals surface area (Å²) < 4.78 is 11.7. The Hall–Kier alpha value is -1.77. The number of nitrogens with one attached hydrogen (secondary N) is 1. The molecule has 3 heterocycles. The average Bonchev–Trinajstić information content (AvgIpc) is 3.48. The summed E-state index contributed by atoms with van der Waals surface area (Å²) in [5.74, 6) is -0.307. The number of hydrogen-bond donors (Lipinski definition) is 1. The first kappa shape index (κ1) is 22.7. The van der Waals surface area contributed by atoms with E-state index < -0.39 is 0 Å². The van der Waals surface area contributed by atoms with Crippen molar-refractivity contribution in [2.24, 2.45) is 0 Å². The Bertz CT molecular complexity index is 1120. The smallest absolute Gasteiger partial charge is 0.168 e. The van der Waals surface area contributed by atoms with E-state index in [2.05, 4.69) is 51.2 Å². The molecule has 3 aromatic rings. The van der Waals surface area contributed by atoms with Crippen LogP contribution in [0.1, 0.15) is 31.2 Å². The molecule has 1 N–H and O–H groups in total. The van der Waals surface area contributed by atoms with Crippen molar-refractivity contribution in [2.75, 3.05) is 44.3 Å². The minimum absolute atomic E-state index is 0.307. The molecular weight excluding hydrogens is 468 g/mol. The number of benzene rings is 2. The fourth-order valence-electron chi connectivity index (χ4n) is 5.38. The number of imidazole rings is 1. The van der Waals surface area contributed by atoms with Crippen molar-refractivity contribution in [3.8, 4) is 0 Å². The van der Waals surface area contributed by atoms with Crippen molar-refractivity contribution in [1.29, 1.82) is 0 Å². The summed E-state index contributed by atoms with van der Waals surface area (Å²) in [7, 11) is 0. The third-order valence-corrected chi connectivity index (χ3v) is 8.80. The Morgan fingerprint density at radius 1 is 1.03 bits per heavy atom. The number of fused-ring (bicyclic) bond motifs is 1. The van der Waals surface area contributed by atoms with E-state index in [4.69, 9.17) is 26.1 Å². The first-order valence-corrected chi connectivity index (χ1v) is 13.6. The molecule has 0 radical (unpaired) electrons. The lowest BCUT2D eigenvalue weighted by molar-refractivity contribution is -0.175. The van der Waals surface area contributed by atoms with Crippen molar-refractivity contribution >= 4 is 40.1 Å². The molecule has 6 rings (SSSR count). The molecule has 6 nitrogen and oxygen atoms in total. The molecule has 34 heavy (non-hydrogen) atoms. The second kappa shape index (κ2) is 9.70. The number of aromatic nitrogens is 2. The molecule has 0 amide bonds. The number of ether oxygens (including phenoxy) is 2. The van der Waals surface area contributed by atoms with Crippen LogP contribution < -0.4 is 4.90 Å². The summed E-state index contributed by atoms with van der Waals surface area (Å²) in [6.45, 7) is 6.47.